The van der Waals surface area contributed by atoms with Crippen LogP contribution in [0, 0.1) is 0 Å². The molecule has 298 valence electrons. The van der Waals surface area contributed by atoms with Crippen molar-refractivity contribution in [2.24, 2.45) is 5.73 Å². The Kier molecular flexibility index (Phi) is 33.6. The summed E-state index contributed by atoms with van der Waals surface area (Å²) in [5.74, 6) is -2.39. The highest BCUT2D eigenvalue weighted by Crippen LogP contribution is 2.43. The number of phosphoric ester groups is 1. The summed E-state index contributed by atoms with van der Waals surface area (Å²) in [6.45, 7) is 2.74. The van der Waals surface area contributed by atoms with Gasteiger partial charge in [0.1, 0.15) is 12.6 Å². The summed E-state index contributed by atoms with van der Waals surface area (Å²) in [5, 5.41) is 8.86. The molecule has 0 amide bonds. The molecule has 51 heavy (non-hydrogen) atoms. The first-order chi connectivity index (χ1) is 24.6. The number of ether oxygens (including phenoxy) is 2. The molecule has 0 heterocycles. The lowest BCUT2D eigenvalue weighted by Gasteiger charge is -2.20. The Morgan fingerprint density at radius 2 is 1.04 bits per heavy atom. The minimum absolute atomic E-state index is 0.162. The molecule has 0 saturated heterocycles. The van der Waals surface area contributed by atoms with Crippen LogP contribution in [0.2, 0.25) is 0 Å². The van der Waals surface area contributed by atoms with E-state index in [1.807, 2.05) is 0 Å². The molecule has 0 aromatic carbocycles. The summed E-state index contributed by atoms with van der Waals surface area (Å²) >= 11 is 0. The van der Waals surface area contributed by atoms with E-state index in [1.54, 1.807) is 0 Å². The van der Waals surface area contributed by atoms with E-state index in [1.165, 1.54) is 83.5 Å². The van der Waals surface area contributed by atoms with Crippen LogP contribution >= 0.6 is 7.82 Å². The number of esters is 2. The number of carbonyl (C=O) groups excluding carboxylic acids is 2. The normalized spacial score (nSPS) is 14.1. The fraction of sp³-hybridized carbons (Fsp3) is 0.821. The van der Waals surface area contributed by atoms with Gasteiger partial charge in [0.05, 0.1) is 13.2 Å². The van der Waals surface area contributed by atoms with Crippen LogP contribution in [0.25, 0.3) is 0 Å². The summed E-state index contributed by atoms with van der Waals surface area (Å²) in [7, 11) is -4.71. The van der Waals surface area contributed by atoms with Gasteiger partial charge in [0, 0.05) is 12.8 Å². The third-order valence-corrected chi connectivity index (χ3v) is 9.40. The number of rotatable bonds is 37. The lowest BCUT2D eigenvalue weighted by Crippen LogP contribution is -2.34. The highest BCUT2D eigenvalue weighted by molar-refractivity contribution is 7.47. The second kappa shape index (κ2) is 35.0. The highest BCUT2D eigenvalue weighted by Gasteiger charge is 2.28. The van der Waals surface area contributed by atoms with Crippen molar-refractivity contribution in [3.05, 3.63) is 24.3 Å². The first kappa shape index (κ1) is 49.0. The van der Waals surface area contributed by atoms with Crippen molar-refractivity contribution in [3.63, 3.8) is 0 Å². The van der Waals surface area contributed by atoms with E-state index in [-0.39, 0.29) is 19.4 Å². The predicted molar refractivity (Wildman–Crippen MR) is 203 cm³/mol. The molecule has 3 atom stereocenters. The average molecular weight is 746 g/mol. The van der Waals surface area contributed by atoms with Gasteiger partial charge in [-0.1, -0.05) is 141 Å². The summed E-state index contributed by atoms with van der Waals surface area (Å²) in [4.78, 5) is 45.7. The van der Waals surface area contributed by atoms with Crippen molar-refractivity contribution in [3.8, 4) is 0 Å². The molecule has 0 aliphatic heterocycles. The number of hydrogen-bond donors (Lipinski definition) is 3. The molecule has 0 aliphatic carbocycles. The summed E-state index contributed by atoms with van der Waals surface area (Å²) < 4.78 is 32.5. The molecule has 1 unspecified atom stereocenters. The van der Waals surface area contributed by atoms with Crippen LogP contribution in [0.5, 0.6) is 0 Å². The van der Waals surface area contributed by atoms with Crippen molar-refractivity contribution in [2.45, 2.75) is 187 Å². The van der Waals surface area contributed by atoms with Gasteiger partial charge in [-0.15, -0.1) is 0 Å². The van der Waals surface area contributed by atoms with Gasteiger partial charge in [-0.2, -0.15) is 0 Å². The number of aliphatic carboxylic acids is 1. The first-order valence-electron chi connectivity index (χ1n) is 19.9. The van der Waals surface area contributed by atoms with Crippen LogP contribution in [0.3, 0.4) is 0 Å². The largest absolute Gasteiger partial charge is 0.480 e. The van der Waals surface area contributed by atoms with Crippen molar-refractivity contribution in [2.75, 3.05) is 19.8 Å². The number of nitrogens with two attached hydrogens (primary N) is 1. The second-order valence-corrected chi connectivity index (χ2v) is 14.9. The van der Waals surface area contributed by atoms with Gasteiger partial charge in [-0.25, -0.2) is 4.57 Å². The topological polar surface area (TPSA) is 172 Å². The zero-order valence-electron chi connectivity index (χ0n) is 31.9. The number of phosphoric acid groups is 1. The van der Waals surface area contributed by atoms with E-state index in [4.69, 9.17) is 24.8 Å². The van der Waals surface area contributed by atoms with E-state index in [0.29, 0.717) is 12.8 Å². The van der Waals surface area contributed by atoms with E-state index in [2.05, 4.69) is 42.7 Å². The van der Waals surface area contributed by atoms with E-state index in [0.717, 1.165) is 51.4 Å². The SMILES string of the molecule is CCCCC/C=C\C/C=C\CCCCCCCCCC(=O)OC[C@H](COP(=O)(O)OC[C@H](N)C(=O)O)OC(=O)CCCCCCCCCCCC. The number of carboxylic acids is 1. The zero-order valence-corrected chi connectivity index (χ0v) is 32.8. The van der Waals surface area contributed by atoms with E-state index >= 15 is 0 Å². The molecule has 0 aromatic heterocycles. The molecule has 0 bridgehead atoms. The Morgan fingerprint density at radius 3 is 1.57 bits per heavy atom. The summed E-state index contributed by atoms with van der Waals surface area (Å²) in [5.41, 5.74) is 5.31. The molecule has 4 N–H and O–H groups in total. The van der Waals surface area contributed by atoms with Crippen LogP contribution in [0.1, 0.15) is 174 Å². The standard InChI is InChI=1S/C39H72NO10P/c1-3-5-7-9-11-13-15-16-17-18-19-20-21-23-24-26-28-30-37(41)47-32-35(33-48-51(45,46)49-34-36(40)39(43)44)50-38(42)31-29-27-25-22-14-12-10-8-6-4-2/h11,13,16-17,35-36H,3-10,12,14-15,18-34,40H2,1-2H3,(H,43,44)(H,45,46)/b13-11-,17-16-/t35-,36+/m1/s1. The van der Waals surface area contributed by atoms with Crippen LogP contribution < -0.4 is 5.73 Å². The molecular weight excluding hydrogens is 673 g/mol. The van der Waals surface area contributed by atoms with Gasteiger partial charge in [0.15, 0.2) is 6.10 Å². The predicted octanol–water partition coefficient (Wildman–Crippen LogP) is 9.89. The second-order valence-electron chi connectivity index (χ2n) is 13.4. The quantitative estimate of drug-likeness (QED) is 0.0239. The first-order valence-corrected chi connectivity index (χ1v) is 21.4. The Balaban J connectivity index is 4.37. The Morgan fingerprint density at radius 1 is 0.608 bits per heavy atom. The minimum atomic E-state index is -4.71. The highest BCUT2D eigenvalue weighted by atomic mass is 31.2. The summed E-state index contributed by atoms with van der Waals surface area (Å²) in [6, 6.07) is -1.52. The van der Waals surface area contributed by atoms with Gasteiger partial charge in [-0.05, 0) is 44.9 Å². The molecule has 0 rings (SSSR count). The smallest absolute Gasteiger partial charge is 0.472 e. The fourth-order valence-electron chi connectivity index (χ4n) is 5.27. The number of hydrogen-bond acceptors (Lipinski definition) is 9. The zero-order chi connectivity index (χ0) is 37.8. The Labute approximate surface area is 309 Å². The van der Waals surface area contributed by atoms with Crippen molar-refractivity contribution >= 4 is 25.7 Å². The van der Waals surface area contributed by atoms with Gasteiger partial charge >= 0.3 is 25.7 Å². The van der Waals surface area contributed by atoms with Crippen LogP contribution in [-0.2, 0) is 37.5 Å². The number of allylic oxidation sites excluding steroid dienone is 4. The van der Waals surface area contributed by atoms with Gasteiger partial charge in [0.2, 0.25) is 0 Å². The minimum Gasteiger partial charge on any atom is -0.480 e. The van der Waals surface area contributed by atoms with Crippen molar-refractivity contribution < 1.29 is 47.5 Å². The molecule has 11 nitrogen and oxygen atoms in total. The third-order valence-electron chi connectivity index (χ3n) is 8.45. The van der Waals surface area contributed by atoms with Crippen LogP contribution in [0.15, 0.2) is 24.3 Å². The number of carbonyl (C=O) groups is 3. The third kappa shape index (κ3) is 34.8. The fourth-order valence-corrected chi connectivity index (χ4v) is 6.05. The number of unbranched alkanes of at least 4 members (excludes halogenated alkanes) is 19. The molecular formula is C39H72NO10P. The van der Waals surface area contributed by atoms with Crippen LogP contribution in [0.4, 0.5) is 0 Å². The molecule has 0 spiro atoms. The summed E-state index contributed by atoms with van der Waals surface area (Å²) in [6.07, 6.45) is 33.9. The van der Waals surface area contributed by atoms with Crippen molar-refractivity contribution in [1.29, 1.82) is 0 Å². The lowest BCUT2D eigenvalue weighted by molar-refractivity contribution is -0.161. The maximum Gasteiger partial charge on any atom is 0.472 e. The molecule has 0 aliphatic rings. The van der Waals surface area contributed by atoms with Gasteiger partial charge in [0.25, 0.3) is 0 Å². The van der Waals surface area contributed by atoms with E-state index < -0.39 is 51.1 Å². The van der Waals surface area contributed by atoms with Gasteiger partial charge in [-0.3, -0.25) is 23.4 Å². The van der Waals surface area contributed by atoms with Crippen LogP contribution in [-0.4, -0.2) is 59.9 Å². The molecule has 0 fully saturated rings. The van der Waals surface area contributed by atoms with Gasteiger partial charge < -0.3 is 25.2 Å². The number of carboxylic acid groups (broad SMARTS) is 1. The Hall–Kier alpha value is -2.04. The average Bonchev–Trinajstić information content (AvgIpc) is 3.10. The molecule has 12 heteroatoms. The Bertz CT molecular complexity index is 974. The van der Waals surface area contributed by atoms with E-state index in [9.17, 15) is 23.8 Å². The monoisotopic (exact) mass is 745 g/mol. The maximum atomic E-state index is 12.5. The molecule has 0 saturated carbocycles. The molecule has 0 radical (unpaired) electrons. The lowest BCUT2D eigenvalue weighted by atomic mass is 10.1. The maximum absolute atomic E-state index is 12.5. The molecule has 0 aromatic rings. The van der Waals surface area contributed by atoms with Crippen molar-refractivity contribution in [1.82, 2.24) is 0 Å².